The number of rotatable bonds is 3. The van der Waals surface area contributed by atoms with Crippen LogP contribution in [0.2, 0.25) is 0 Å². The fourth-order valence-corrected chi connectivity index (χ4v) is 4.13. The molecule has 7 heteroatoms. The smallest absolute Gasteiger partial charge is 0.244 e. The zero-order valence-electron chi connectivity index (χ0n) is 14.7. The second-order valence-corrected chi connectivity index (χ2v) is 7.31. The van der Waals surface area contributed by atoms with Crippen molar-refractivity contribution in [3.8, 4) is 0 Å². The first kappa shape index (κ1) is 17.0. The van der Waals surface area contributed by atoms with Crippen LogP contribution in [0.4, 0.5) is 11.4 Å². The normalized spacial score (nSPS) is 24.7. The average molecular weight is 356 g/mol. The summed E-state index contributed by atoms with van der Waals surface area (Å²) < 4.78 is 0. The molecule has 138 valence electrons. The Morgan fingerprint density at radius 3 is 2.69 bits per heavy atom. The molecular formula is C19H24N4O3. The van der Waals surface area contributed by atoms with E-state index in [9.17, 15) is 14.4 Å². The minimum absolute atomic E-state index is 0.00141. The number of carbonyl (C=O) groups excluding carboxylic acids is 3. The molecule has 0 radical (unpaired) electrons. The summed E-state index contributed by atoms with van der Waals surface area (Å²) in [5, 5.41) is 6.33. The van der Waals surface area contributed by atoms with E-state index in [0.717, 1.165) is 25.9 Å². The van der Waals surface area contributed by atoms with Crippen LogP contribution >= 0.6 is 0 Å². The predicted octanol–water partition coefficient (Wildman–Crippen LogP) is 1.10. The zero-order chi connectivity index (χ0) is 18.1. The van der Waals surface area contributed by atoms with E-state index in [4.69, 9.17) is 0 Å². The first-order valence-corrected chi connectivity index (χ1v) is 9.33. The van der Waals surface area contributed by atoms with Gasteiger partial charge in [0.25, 0.3) is 0 Å². The van der Waals surface area contributed by atoms with Crippen LogP contribution < -0.4 is 15.5 Å². The van der Waals surface area contributed by atoms with Gasteiger partial charge >= 0.3 is 0 Å². The number of likely N-dealkylation sites (tertiary alicyclic amines) is 1. The molecule has 2 saturated heterocycles. The van der Waals surface area contributed by atoms with E-state index in [2.05, 4.69) is 10.6 Å². The molecule has 1 aromatic rings. The highest BCUT2D eigenvalue weighted by molar-refractivity contribution is 6.10. The van der Waals surface area contributed by atoms with E-state index in [1.54, 1.807) is 6.07 Å². The van der Waals surface area contributed by atoms with Crippen LogP contribution in [-0.2, 0) is 14.4 Å². The molecule has 3 heterocycles. The van der Waals surface area contributed by atoms with Gasteiger partial charge in [-0.2, -0.15) is 0 Å². The molecule has 2 fully saturated rings. The Kier molecular flexibility index (Phi) is 4.63. The van der Waals surface area contributed by atoms with Crippen molar-refractivity contribution >= 4 is 29.1 Å². The molecule has 0 spiro atoms. The Hall–Kier alpha value is -2.41. The van der Waals surface area contributed by atoms with Gasteiger partial charge < -0.3 is 20.4 Å². The topological polar surface area (TPSA) is 81.8 Å². The van der Waals surface area contributed by atoms with Gasteiger partial charge in [-0.15, -0.1) is 0 Å². The first-order valence-electron chi connectivity index (χ1n) is 9.33. The summed E-state index contributed by atoms with van der Waals surface area (Å²) in [5.41, 5.74) is 1.33. The third-order valence-electron chi connectivity index (χ3n) is 5.50. The van der Waals surface area contributed by atoms with Gasteiger partial charge in [-0.3, -0.25) is 14.4 Å². The number of amides is 3. The molecular weight excluding hydrogens is 332 g/mol. The van der Waals surface area contributed by atoms with Crippen molar-refractivity contribution in [2.75, 3.05) is 29.9 Å². The summed E-state index contributed by atoms with van der Waals surface area (Å²) >= 11 is 0. The van der Waals surface area contributed by atoms with Gasteiger partial charge in [0, 0.05) is 38.0 Å². The number of benzene rings is 1. The SMILES string of the molecule is O=C1CN(C(=O)CCC(=O)N2CCC3CCC(C2)N3)c2ccccc2N1. The Morgan fingerprint density at radius 1 is 1.04 bits per heavy atom. The molecule has 0 aromatic heterocycles. The number of fused-ring (bicyclic) bond motifs is 3. The zero-order valence-corrected chi connectivity index (χ0v) is 14.7. The summed E-state index contributed by atoms with van der Waals surface area (Å²) in [5.74, 6) is -0.365. The number of anilines is 2. The lowest BCUT2D eigenvalue weighted by Gasteiger charge is -2.29. The second-order valence-electron chi connectivity index (χ2n) is 7.31. The molecule has 2 atom stereocenters. The lowest BCUT2D eigenvalue weighted by molar-refractivity contribution is -0.133. The van der Waals surface area contributed by atoms with E-state index in [1.165, 1.54) is 11.3 Å². The van der Waals surface area contributed by atoms with Gasteiger partial charge in [-0.05, 0) is 31.4 Å². The molecule has 2 unspecified atom stereocenters. The maximum Gasteiger partial charge on any atom is 0.244 e. The average Bonchev–Trinajstić information content (AvgIpc) is 2.97. The fraction of sp³-hybridized carbons (Fsp3) is 0.526. The van der Waals surface area contributed by atoms with Crippen LogP contribution in [0.1, 0.15) is 32.1 Å². The number of para-hydroxylation sites is 2. The first-order chi connectivity index (χ1) is 12.6. The number of nitrogens with one attached hydrogen (secondary N) is 2. The molecule has 3 amide bonds. The van der Waals surface area contributed by atoms with E-state index in [0.29, 0.717) is 23.5 Å². The Bertz CT molecular complexity index is 735. The summed E-state index contributed by atoms with van der Waals surface area (Å²) in [6.45, 7) is 1.50. The quantitative estimate of drug-likeness (QED) is 0.850. The summed E-state index contributed by atoms with van der Waals surface area (Å²) in [4.78, 5) is 40.4. The van der Waals surface area contributed by atoms with Crippen LogP contribution in [-0.4, -0.2) is 54.3 Å². The lowest BCUT2D eigenvalue weighted by atomic mass is 10.1. The van der Waals surface area contributed by atoms with Gasteiger partial charge in [0.1, 0.15) is 6.54 Å². The molecule has 3 aliphatic rings. The largest absolute Gasteiger partial charge is 0.341 e. The maximum atomic E-state index is 12.7. The van der Waals surface area contributed by atoms with E-state index in [-0.39, 0.29) is 37.1 Å². The monoisotopic (exact) mass is 356 g/mol. The lowest BCUT2D eigenvalue weighted by Crippen LogP contribution is -2.43. The van der Waals surface area contributed by atoms with Crippen LogP contribution in [0, 0.1) is 0 Å². The van der Waals surface area contributed by atoms with Gasteiger partial charge in [0.15, 0.2) is 0 Å². The summed E-state index contributed by atoms with van der Waals surface area (Å²) in [6.07, 6.45) is 3.61. The van der Waals surface area contributed by atoms with E-state index < -0.39 is 0 Å². The van der Waals surface area contributed by atoms with Crippen LogP contribution in [0.5, 0.6) is 0 Å². The van der Waals surface area contributed by atoms with Gasteiger partial charge in [0.2, 0.25) is 17.7 Å². The molecule has 1 aromatic carbocycles. The molecule has 4 rings (SSSR count). The molecule has 26 heavy (non-hydrogen) atoms. The highest BCUT2D eigenvalue weighted by Crippen LogP contribution is 2.29. The Morgan fingerprint density at radius 2 is 1.81 bits per heavy atom. The van der Waals surface area contributed by atoms with Crippen LogP contribution in [0.15, 0.2) is 24.3 Å². The van der Waals surface area contributed by atoms with Gasteiger partial charge in [-0.1, -0.05) is 12.1 Å². The van der Waals surface area contributed by atoms with E-state index in [1.807, 2.05) is 23.1 Å². The van der Waals surface area contributed by atoms with Crippen molar-refractivity contribution in [3.63, 3.8) is 0 Å². The summed E-state index contributed by atoms with van der Waals surface area (Å²) in [6, 6.07) is 8.16. The molecule has 2 bridgehead atoms. The minimum Gasteiger partial charge on any atom is -0.341 e. The van der Waals surface area contributed by atoms with Crippen LogP contribution in [0.25, 0.3) is 0 Å². The number of hydrogen-bond donors (Lipinski definition) is 2. The molecule has 3 aliphatic heterocycles. The maximum absolute atomic E-state index is 12.7. The Labute approximate surface area is 152 Å². The van der Waals surface area contributed by atoms with Crippen molar-refractivity contribution in [1.82, 2.24) is 10.2 Å². The Balaban J connectivity index is 1.36. The molecule has 2 N–H and O–H groups in total. The molecule has 0 saturated carbocycles. The number of hydrogen-bond acceptors (Lipinski definition) is 4. The van der Waals surface area contributed by atoms with Crippen molar-refractivity contribution in [2.24, 2.45) is 0 Å². The highest BCUT2D eigenvalue weighted by Gasteiger charge is 2.32. The standard InChI is InChI=1S/C19H24N4O3/c24-17-12-23(16-4-2-1-3-15(16)21-17)19(26)8-7-18(25)22-10-9-13-5-6-14(11-22)20-13/h1-4,13-14,20H,5-12H2,(H,21,24). The van der Waals surface area contributed by atoms with Crippen molar-refractivity contribution in [1.29, 1.82) is 0 Å². The number of nitrogens with zero attached hydrogens (tertiary/aromatic N) is 2. The second kappa shape index (κ2) is 7.07. The van der Waals surface area contributed by atoms with Crippen molar-refractivity contribution in [3.05, 3.63) is 24.3 Å². The van der Waals surface area contributed by atoms with Gasteiger partial charge in [-0.25, -0.2) is 0 Å². The molecule has 7 nitrogen and oxygen atoms in total. The predicted molar refractivity (Wildman–Crippen MR) is 97.8 cm³/mol. The highest BCUT2D eigenvalue weighted by atomic mass is 16.2. The fourth-order valence-electron chi connectivity index (χ4n) is 4.13. The van der Waals surface area contributed by atoms with Crippen LogP contribution in [0.3, 0.4) is 0 Å². The third-order valence-corrected chi connectivity index (χ3v) is 5.50. The molecule has 0 aliphatic carbocycles. The van der Waals surface area contributed by atoms with Crippen molar-refractivity contribution < 1.29 is 14.4 Å². The van der Waals surface area contributed by atoms with Gasteiger partial charge in [0.05, 0.1) is 11.4 Å². The summed E-state index contributed by atoms with van der Waals surface area (Å²) in [7, 11) is 0. The third kappa shape index (κ3) is 3.44. The number of carbonyl (C=O) groups is 3. The van der Waals surface area contributed by atoms with E-state index >= 15 is 0 Å². The van der Waals surface area contributed by atoms with Crippen molar-refractivity contribution in [2.45, 2.75) is 44.2 Å². The minimum atomic E-state index is -0.210.